The SMILES string of the molecule is CCn1cc(CCN)c2cc(C(C)C)ccc21. The van der Waals surface area contributed by atoms with Crippen LogP contribution < -0.4 is 5.73 Å². The fourth-order valence-corrected chi connectivity index (χ4v) is 2.36. The topological polar surface area (TPSA) is 30.9 Å². The minimum absolute atomic E-state index is 0.579. The van der Waals surface area contributed by atoms with Gasteiger partial charge >= 0.3 is 0 Å². The maximum Gasteiger partial charge on any atom is 0.0483 e. The van der Waals surface area contributed by atoms with Gasteiger partial charge in [-0.2, -0.15) is 0 Å². The van der Waals surface area contributed by atoms with Gasteiger partial charge in [-0.05, 0) is 49.1 Å². The summed E-state index contributed by atoms with van der Waals surface area (Å²) in [4.78, 5) is 0. The third-order valence-electron chi connectivity index (χ3n) is 3.41. The van der Waals surface area contributed by atoms with E-state index in [-0.39, 0.29) is 0 Å². The van der Waals surface area contributed by atoms with Gasteiger partial charge in [-0.15, -0.1) is 0 Å². The Labute approximate surface area is 103 Å². The summed E-state index contributed by atoms with van der Waals surface area (Å²) in [7, 11) is 0. The fourth-order valence-electron chi connectivity index (χ4n) is 2.36. The Morgan fingerprint density at radius 2 is 2.06 bits per heavy atom. The molecule has 17 heavy (non-hydrogen) atoms. The number of aromatic nitrogens is 1. The zero-order valence-electron chi connectivity index (χ0n) is 11.0. The Hall–Kier alpha value is -1.28. The summed E-state index contributed by atoms with van der Waals surface area (Å²) in [5, 5.41) is 1.38. The standard InChI is InChI=1S/C15H22N2/c1-4-17-10-13(7-8-16)14-9-12(11(2)3)5-6-15(14)17/h5-6,9-11H,4,7-8,16H2,1-3H3. The van der Waals surface area contributed by atoms with Crippen molar-refractivity contribution in [3.05, 3.63) is 35.5 Å². The molecule has 0 radical (unpaired) electrons. The van der Waals surface area contributed by atoms with Crippen LogP contribution in [0.2, 0.25) is 0 Å². The van der Waals surface area contributed by atoms with Gasteiger partial charge in [0.1, 0.15) is 0 Å². The van der Waals surface area contributed by atoms with Crippen LogP contribution in [0.5, 0.6) is 0 Å². The first-order valence-electron chi connectivity index (χ1n) is 6.49. The second-order valence-corrected chi connectivity index (χ2v) is 4.91. The quantitative estimate of drug-likeness (QED) is 0.858. The molecule has 2 aromatic rings. The van der Waals surface area contributed by atoms with Crippen molar-refractivity contribution in [3.8, 4) is 0 Å². The monoisotopic (exact) mass is 230 g/mol. The molecule has 1 aromatic carbocycles. The van der Waals surface area contributed by atoms with Crippen molar-refractivity contribution in [1.82, 2.24) is 4.57 Å². The van der Waals surface area contributed by atoms with Crippen LogP contribution in [0.15, 0.2) is 24.4 Å². The average molecular weight is 230 g/mol. The summed E-state index contributed by atoms with van der Waals surface area (Å²) in [5.74, 6) is 0.579. The smallest absolute Gasteiger partial charge is 0.0483 e. The van der Waals surface area contributed by atoms with Gasteiger partial charge in [-0.3, -0.25) is 0 Å². The number of benzene rings is 1. The first kappa shape index (κ1) is 12.2. The zero-order valence-corrected chi connectivity index (χ0v) is 11.0. The largest absolute Gasteiger partial charge is 0.347 e. The predicted octanol–water partition coefficient (Wildman–Crippen LogP) is 3.29. The Kier molecular flexibility index (Phi) is 3.53. The lowest BCUT2D eigenvalue weighted by molar-refractivity contribution is 0.790. The van der Waals surface area contributed by atoms with E-state index in [1.807, 2.05) is 0 Å². The molecule has 2 nitrogen and oxygen atoms in total. The third kappa shape index (κ3) is 2.22. The highest BCUT2D eigenvalue weighted by Gasteiger charge is 2.09. The number of nitrogens with zero attached hydrogens (tertiary/aromatic N) is 1. The summed E-state index contributed by atoms with van der Waals surface area (Å²) in [6.45, 7) is 8.39. The maximum atomic E-state index is 5.69. The van der Waals surface area contributed by atoms with Gasteiger partial charge in [0, 0.05) is 23.6 Å². The van der Waals surface area contributed by atoms with E-state index in [9.17, 15) is 0 Å². The fraction of sp³-hybridized carbons (Fsp3) is 0.467. The van der Waals surface area contributed by atoms with Gasteiger partial charge in [0.2, 0.25) is 0 Å². The normalized spacial score (nSPS) is 11.6. The Bertz CT molecular complexity index is 509. The van der Waals surface area contributed by atoms with Crippen LogP contribution in [0.4, 0.5) is 0 Å². The molecule has 0 unspecified atom stereocenters. The second kappa shape index (κ2) is 4.92. The first-order valence-corrected chi connectivity index (χ1v) is 6.49. The molecule has 0 fully saturated rings. The maximum absolute atomic E-state index is 5.69. The van der Waals surface area contributed by atoms with Crippen molar-refractivity contribution in [1.29, 1.82) is 0 Å². The molecule has 0 aliphatic carbocycles. The number of hydrogen-bond acceptors (Lipinski definition) is 1. The van der Waals surface area contributed by atoms with Gasteiger partial charge in [0.05, 0.1) is 0 Å². The molecule has 2 N–H and O–H groups in total. The van der Waals surface area contributed by atoms with Gasteiger partial charge in [-0.25, -0.2) is 0 Å². The molecule has 92 valence electrons. The molecule has 0 aliphatic heterocycles. The van der Waals surface area contributed by atoms with E-state index >= 15 is 0 Å². The zero-order chi connectivity index (χ0) is 12.4. The molecule has 0 atom stereocenters. The Morgan fingerprint density at radius 3 is 2.65 bits per heavy atom. The van der Waals surface area contributed by atoms with E-state index in [1.54, 1.807) is 0 Å². The van der Waals surface area contributed by atoms with Gasteiger partial charge < -0.3 is 10.3 Å². The Balaban J connectivity index is 2.60. The van der Waals surface area contributed by atoms with Crippen molar-refractivity contribution >= 4 is 10.9 Å². The molecule has 0 bridgehead atoms. The molecule has 0 saturated carbocycles. The second-order valence-electron chi connectivity index (χ2n) is 4.91. The van der Waals surface area contributed by atoms with E-state index in [0.29, 0.717) is 12.5 Å². The van der Waals surface area contributed by atoms with Gasteiger partial charge in [-0.1, -0.05) is 19.9 Å². The lowest BCUT2D eigenvalue weighted by atomic mass is 10.00. The number of fused-ring (bicyclic) bond motifs is 1. The van der Waals surface area contributed by atoms with Crippen molar-refractivity contribution in [2.75, 3.05) is 6.54 Å². The average Bonchev–Trinajstić information content (AvgIpc) is 2.67. The van der Waals surface area contributed by atoms with Crippen LogP contribution in [-0.2, 0) is 13.0 Å². The molecule has 1 aromatic heterocycles. The van der Waals surface area contributed by atoms with Crippen molar-refractivity contribution < 1.29 is 0 Å². The van der Waals surface area contributed by atoms with Crippen molar-refractivity contribution in [2.45, 2.75) is 39.7 Å². The molecule has 0 spiro atoms. The summed E-state index contributed by atoms with van der Waals surface area (Å²) >= 11 is 0. The number of rotatable bonds is 4. The molecule has 0 saturated heterocycles. The molecule has 1 heterocycles. The van der Waals surface area contributed by atoms with Crippen molar-refractivity contribution in [2.24, 2.45) is 5.73 Å². The number of hydrogen-bond donors (Lipinski definition) is 1. The third-order valence-corrected chi connectivity index (χ3v) is 3.41. The first-order chi connectivity index (χ1) is 8.17. The van der Waals surface area contributed by atoms with Crippen LogP contribution in [0.1, 0.15) is 37.8 Å². The summed E-state index contributed by atoms with van der Waals surface area (Å²) in [5.41, 5.74) is 9.81. The predicted molar refractivity (Wildman–Crippen MR) is 74.5 cm³/mol. The van der Waals surface area contributed by atoms with Crippen LogP contribution in [0, 0.1) is 0 Å². The summed E-state index contributed by atoms with van der Waals surface area (Å²) in [6, 6.07) is 6.82. The van der Waals surface area contributed by atoms with Crippen LogP contribution >= 0.6 is 0 Å². The lowest BCUT2D eigenvalue weighted by Crippen LogP contribution is -2.02. The van der Waals surface area contributed by atoms with Crippen molar-refractivity contribution in [3.63, 3.8) is 0 Å². The molecule has 0 aliphatic rings. The van der Waals surface area contributed by atoms with Crippen LogP contribution in [0.3, 0.4) is 0 Å². The van der Waals surface area contributed by atoms with Crippen LogP contribution in [0.25, 0.3) is 10.9 Å². The van der Waals surface area contributed by atoms with E-state index in [0.717, 1.165) is 13.0 Å². The minimum Gasteiger partial charge on any atom is -0.347 e. The highest BCUT2D eigenvalue weighted by atomic mass is 14.9. The summed E-state index contributed by atoms with van der Waals surface area (Å²) < 4.78 is 2.31. The highest BCUT2D eigenvalue weighted by molar-refractivity contribution is 5.85. The molecule has 2 rings (SSSR count). The molecule has 0 amide bonds. The van der Waals surface area contributed by atoms with E-state index in [2.05, 4.69) is 49.7 Å². The van der Waals surface area contributed by atoms with Crippen LogP contribution in [-0.4, -0.2) is 11.1 Å². The molecular formula is C15H22N2. The number of aryl methyl sites for hydroxylation is 1. The number of nitrogens with two attached hydrogens (primary N) is 1. The lowest BCUT2D eigenvalue weighted by Gasteiger charge is -2.07. The minimum atomic E-state index is 0.579. The van der Waals surface area contributed by atoms with Gasteiger partial charge in [0.25, 0.3) is 0 Å². The molecular weight excluding hydrogens is 208 g/mol. The molecule has 2 heteroatoms. The highest BCUT2D eigenvalue weighted by Crippen LogP contribution is 2.26. The Morgan fingerprint density at radius 1 is 1.29 bits per heavy atom. The van der Waals surface area contributed by atoms with E-state index in [1.165, 1.54) is 22.0 Å². The van der Waals surface area contributed by atoms with E-state index < -0.39 is 0 Å². The van der Waals surface area contributed by atoms with Gasteiger partial charge in [0.15, 0.2) is 0 Å². The van der Waals surface area contributed by atoms with E-state index in [4.69, 9.17) is 5.73 Å². The summed E-state index contributed by atoms with van der Waals surface area (Å²) in [6.07, 6.45) is 3.21.